The van der Waals surface area contributed by atoms with Crippen molar-refractivity contribution in [3.8, 4) is 11.1 Å². The third kappa shape index (κ3) is 4.43. The number of carbonyl (C=O) groups is 1. The van der Waals surface area contributed by atoms with Gasteiger partial charge in [0.1, 0.15) is 0 Å². The molecule has 5 nitrogen and oxygen atoms in total. The van der Waals surface area contributed by atoms with Gasteiger partial charge in [-0.1, -0.05) is 18.2 Å². The first-order valence-electron chi connectivity index (χ1n) is 9.81. The van der Waals surface area contributed by atoms with Crippen LogP contribution in [0.5, 0.6) is 0 Å². The number of hydrogen-bond donors (Lipinski definition) is 0. The van der Waals surface area contributed by atoms with E-state index in [2.05, 4.69) is 51.1 Å². The van der Waals surface area contributed by atoms with E-state index in [1.165, 1.54) is 0 Å². The zero-order valence-corrected chi connectivity index (χ0v) is 16.6. The molecular formula is C23H26N4O. The third-order valence-electron chi connectivity index (χ3n) is 5.40. The number of pyridine rings is 2. The van der Waals surface area contributed by atoms with Crippen molar-refractivity contribution in [1.29, 1.82) is 0 Å². The number of hydrogen-bond acceptors (Lipinski definition) is 5. The summed E-state index contributed by atoms with van der Waals surface area (Å²) in [5.74, 6) is 0.232. The molecule has 0 bridgehead atoms. The molecule has 1 aliphatic heterocycles. The van der Waals surface area contributed by atoms with Crippen molar-refractivity contribution in [2.24, 2.45) is 0 Å². The highest BCUT2D eigenvalue weighted by molar-refractivity contribution is 5.88. The number of fused-ring (bicyclic) bond motifs is 1. The van der Waals surface area contributed by atoms with Gasteiger partial charge < -0.3 is 4.90 Å². The van der Waals surface area contributed by atoms with Crippen molar-refractivity contribution in [2.45, 2.75) is 13.3 Å². The van der Waals surface area contributed by atoms with E-state index < -0.39 is 0 Å². The van der Waals surface area contributed by atoms with Crippen LogP contribution in [0.1, 0.15) is 11.4 Å². The van der Waals surface area contributed by atoms with E-state index in [0.29, 0.717) is 13.0 Å². The Morgan fingerprint density at radius 3 is 2.46 bits per heavy atom. The van der Waals surface area contributed by atoms with Gasteiger partial charge >= 0.3 is 0 Å². The molecule has 28 heavy (non-hydrogen) atoms. The van der Waals surface area contributed by atoms with Crippen LogP contribution < -0.4 is 0 Å². The zero-order valence-electron chi connectivity index (χ0n) is 16.6. The average molecular weight is 374 g/mol. The van der Waals surface area contributed by atoms with Crippen molar-refractivity contribution in [1.82, 2.24) is 19.8 Å². The lowest BCUT2D eigenvalue weighted by Gasteiger charge is -2.31. The number of carbonyl (C=O) groups excluding carboxylic acids is 1. The third-order valence-corrected chi connectivity index (χ3v) is 5.40. The summed E-state index contributed by atoms with van der Waals surface area (Å²) in [6, 6.07) is 12.5. The van der Waals surface area contributed by atoms with Gasteiger partial charge in [0.05, 0.1) is 13.0 Å². The minimum Gasteiger partial charge on any atom is -0.304 e. The molecule has 4 rings (SSSR count). The van der Waals surface area contributed by atoms with Crippen molar-refractivity contribution in [3.05, 3.63) is 60.2 Å². The first kappa shape index (κ1) is 18.7. The van der Waals surface area contributed by atoms with Crippen molar-refractivity contribution < 1.29 is 4.79 Å². The van der Waals surface area contributed by atoms with Gasteiger partial charge in [0.25, 0.3) is 0 Å². The van der Waals surface area contributed by atoms with Gasteiger partial charge in [0, 0.05) is 60.9 Å². The maximum atomic E-state index is 12.5. The van der Waals surface area contributed by atoms with E-state index in [-0.39, 0.29) is 5.78 Å². The Bertz CT molecular complexity index is 976. The topological polar surface area (TPSA) is 49.3 Å². The first-order chi connectivity index (χ1) is 13.6. The summed E-state index contributed by atoms with van der Waals surface area (Å²) in [4.78, 5) is 25.9. The summed E-state index contributed by atoms with van der Waals surface area (Å²) in [6.45, 7) is 6.48. The molecule has 0 atom stereocenters. The van der Waals surface area contributed by atoms with E-state index in [0.717, 1.165) is 59.5 Å². The smallest absolute Gasteiger partial charge is 0.152 e. The van der Waals surface area contributed by atoms with Crippen molar-refractivity contribution >= 4 is 16.6 Å². The van der Waals surface area contributed by atoms with Gasteiger partial charge in [-0.2, -0.15) is 0 Å². The number of ketones is 1. The summed E-state index contributed by atoms with van der Waals surface area (Å²) in [5.41, 5.74) is 4.07. The Labute approximate surface area is 166 Å². The lowest BCUT2D eigenvalue weighted by Crippen LogP contribution is -2.46. The van der Waals surface area contributed by atoms with Gasteiger partial charge in [-0.3, -0.25) is 19.7 Å². The van der Waals surface area contributed by atoms with E-state index in [4.69, 9.17) is 0 Å². The predicted octanol–water partition coefficient (Wildman–Crippen LogP) is 2.96. The fourth-order valence-electron chi connectivity index (χ4n) is 3.61. The largest absolute Gasteiger partial charge is 0.304 e. The Morgan fingerprint density at radius 2 is 1.71 bits per heavy atom. The zero-order chi connectivity index (χ0) is 19.5. The van der Waals surface area contributed by atoms with Crippen molar-refractivity contribution in [3.63, 3.8) is 0 Å². The van der Waals surface area contributed by atoms with E-state index in [1.54, 1.807) is 0 Å². The van der Waals surface area contributed by atoms with Crippen LogP contribution >= 0.6 is 0 Å². The average Bonchev–Trinajstić information content (AvgIpc) is 2.70. The molecule has 1 aromatic carbocycles. The van der Waals surface area contributed by atoms with Crippen LogP contribution in [0.15, 0.2) is 48.8 Å². The minimum atomic E-state index is 0.232. The van der Waals surface area contributed by atoms with Crippen LogP contribution in [0.4, 0.5) is 0 Å². The van der Waals surface area contributed by atoms with Crippen LogP contribution in [0.3, 0.4) is 0 Å². The number of aryl methyl sites for hydroxylation is 1. The minimum absolute atomic E-state index is 0.232. The lowest BCUT2D eigenvalue weighted by molar-refractivity contribution is -0.120. The monoisotopic (exact) mass is 374 g/mol. The maximum absolute atomic E-state index is 12.5. The molecule has 2 aromatic heterocycles. The number of Topliss-reactive ketones (excluding diaryl/α,β-unsaturated/α-hetero) is 1. The molecule has 1 saturated heterocycles. The van der Waals surface area contributed by atoms with Crippen LogP contribution in [0.25, 0.3) is 21.9 Å². The van der Waals surface area contributed by atoms with E-state index in [9.17, 15) is 4.79 Å². The normalized spacial score (nSPS) is 15.8. The van der Waals surface area contributed by atoms with Crippen LogP contribution in [-0.4, -0.2) is 65.3 Å². The molecule has 0 radical (unpaired) electrons. The molecule has 0 saturated carbocycles. The van der Waals surface area contributed by atoms with Gasteiger partial charge in [-0.25, -0.2) is 0 Å². The first-order valence-corrected chi connectivity index (χ1v) is 9.81. The van der Waals surface area contributed by atoms with Gasteiger partial charge in [0.2, 0.25) is 0 Å². The van der Waals surface area contributed by atoms with Crippen LogP contribution in [0.2, 0.25) is 0 Å². The van der Waals surface area contributed by atoms with Gasteiger partial charge in [0.15, 0.2) is 5.78 Å². The predicted molar refractivity (Wildman–Crippen MR) is 112 cm³/mol. The fourth-order valence-corrected chi connectivity index (χ4v) is 3.61. The molecule has 0 N–H and O–H groups in total. The molecule has 0 spiro atoms. The van der Waals surface area contributed by atoms with Crippen LogP contribution in [-0.2, 0) is 11.2 Å². The molecule has 0 aliphatic carbocycles. The molecule has 5 heteroatoms. The standard InChI is InChI=1S/C23H26N4O/c1-17-3-4-19(14-24-17)18-5-6-20-15-25-22(12-21(20)11-18)13-23(28)16-27-9-7-26(2)8-10-27/h3-6,11-12,14-15H,7-10,13,16H2,1-2H3. The number of nitrogens with zero attached hydrogens (tertiary/aromatic N) is 4. The number of aromatic nitrogens is 2. The molecule has 0 unspecified atom stereocenters. The Kier molecular flexibility index (Phi) is 5.46. The van der Waals surface area contributed by atoms with Gasteiger partial charge in [-0.05, 0) is 43.1 Å². The Hall–Kier alpha value is -2.63. The SMILES string of the molecule is Cc1ccc(-c2ccc3cnc(CC(=O)CN4CCN(C)CC4)cc3c2)cn1. The summed E-state index contributed by atoms with van der Waals surface area (Å²) in [5, 5.41) is 2.19. The number of likely N-dealkylation sites (N-methyl/N-ethyl adjacent to an activating group) is 1. The second-order valence-electron chi connectivity index (χ2n) is 7.72. The Morgan fingerprint density at radius 1 is 0.929 bits per heavy atom. The summed E-state index contributed by atoms with van der Waals surface area (Å²) >= 11 is 0. The van der Waals surface area contributed by atoms with Crippen LogP contribution in [0, 0.1) is 6.92 Å². The molecule has 144 valence electrons. The molecule has 1 fully saturated rings. The van der Waals surface area contributed by atoms with Crippen molar-refractivity contribution in [2.75, 3.05) is 39.8 Å². The molecule has 3 aromatic rings. The fraction of sp³-hybridized carbons (Fsp3) is 0.348. The highest BCUT2D eigenvalue weighted by Crippen LogP contribution is 2.24. The molecular weight excluding hydrogens is 348 g/mol. The Balaban J connectivity index is 1.48. The van der Waals surface area contributed by atoms with Gasteiger partial charge in [-0.15, -0.1) is 0 Å². The number of benzene rings is 1. The highest BCUT2D eigenvalue weighted by Gasteiger charge is 2.17. The van der Waals surface area contributed by atoms with E-state index >= 15 is 0 Å². The van der Waals surface area contributed by atoms with E-state index in [1.807, 2.05) is 31.5 Å². The molecule has 3 heterocycles. The second kappa shape index (κ2) is 8.17. The lowest BCUT2D eigenvalue weighted by atomic mass is 10.0. The number of rotatable bonds is 5. The quantitative estimate of drug-likeness (QED) is 0.687. The summed E-state index contributed by atoms with van der Waals surface area (Å²) in [7, 11) is 2.12. The summed E-state index contributed by atoms with van der Waals surface area (Å²) < 4.78 is 0. The molecule has 0 amide bonds. The second-order valence-corrected chi connectivity index (χ2v) is 7.72. The number of piperazine rings is 1. The molecule has 1 aliphatic rings. The maximum Gasteiger partial charge on any atom is 0.152 e. The highest BCUT2D eigenvalue weighted by atomic mass is 16.1. The summed E-state index contributed by atoms with van der Waals surface area (Å²) in [6.07, 6.45) is 4.15.